The molecular formula is C18H19NO2S. The van der Waals surface area contributed by atoms with Gasteiger partial charge in [0.15, 0.2) is 0 Å². The van der Waals surface area contributed by atoms with Crippen LogP contribution in [0.5, 0.6) is 0 Å². The second kappa shape index (κ2) is 6.05. The summed E-state index contributed by atoms with van der Waals surface area (Å²) in [6, 6.07) is 14.7. The molecule has 22 heavy (non-hydrogen) atoms. The van der Waals surface area contributed by atoms with E-state index in [4.69, 9.17) is 0 Å². The highest BCUT2D eigenvalue weighted by Gasteiger charge is 2.18. The van der Waals surface area contributed by atoms with Crippen molar-refractivity contribution < 1.29 is 9.00 Å². The molecule has 114 valence electrons. The predicted molar refractivity (Wildman–Crippen MR) is 90.1 cm³/mol. The summed E-state index contributed by atoms with van der Waals surface area (Å²) in [7, 11) is 2.21. The number of rotatable bonds is 4. The first-order valence-corrected chi connectivity index (χ1v) is 8.78. The van der Waals surface area contributed by atoms with Gasteiger partial charge in [0.2, 0.25) is 5.91 Å². The average Bonchev–Trinajstić information content (AvgIpc) is 2.84. The van der Waals surface area contributed by atoms with Crippen LogP contribution in [0.1, 0.15) is 16.7 Å². The van der Waals surface area contributed by atoms with Crippen molar-refractivity contribution in [2.45, 2.75) is 12.2 Å². The summed E-state index contributed by atoms with van der Waals surface area (Å²) in [6.07, 6.45) is 0.933. The molecule has 3 rings (SSSR count). The topological polar surface area (TPSA) is 37.4 Å². The van der Waals surface area contributed by atoms with Crippen molar-refractivity contribution in [1.82, 2.24) is 4.90 Å². The molecule has 1 amide bonds. The molecule has 0 bridgehead atoms. The summed E-state index contributed by atoms with van der Waals surface area (Å²) in [5, 5.41) is 0. The molecule has 2 aromatic carbocycles. The Kier molecular flexibility index (Phi) is 4.12. The fourth-order valence-corrected chi connectivity index (χ4v) is 3.98. The van der Waals surface area contributed by atoms with Crippen LogP contribution in [-0.4, -0.2) is 34.9 Å². The largest absolute Gasteiger partial charge is 0.348 e. The SMILES string of the molecule is CN(C)C(=O)C[S@](=O)Cc1ccc2c(c1)Cc1ccccc1-2. The van der Waals surface area contributed by atoms with Crippen molar-refractivity contribution in [2.75, 3.05) is 19.8 Å². The standard InChI is InChI=1S/C18H19NO2S/c1-19(2)18(20)12-22(21)11-13-7-8-17-15(9-13)10-14-5-3-4-6-16(14)17/h3-9H,10-12H2,1-2H3/t22-/m1/s1. The first-order chi connectivity index (χ1) is 10.5. The highest BCUT2D eigenvalue weighted by atomic mass is 32.2. The van der Waals surface area contributed by atoms with Gasteiger partial charge in [0.25, 0.3) is 0 Å². The molecule has 0 saturated carbocycles. The maximum Gasteiger partial charge on any atom is 0.234 e. The van der Waals surface area contributed by atoms with Crippen molar-refractivity contribution in [2.24, 2.45) is 0 Å². The van der Waals surface area contributed by atoms with Crippen LogP contribution in [0.25, 0.3) is 11.1 Å². The molecule has 0 N–H and O–H groups in total. The number of carbonyl (C=O) groups is 1. The normalized spacial score (nSPS) is 13.4. The molecule has 3 nitrogen and oxygen atoms in total. The maximum atomic E-state index is 12.1. The summed E-state index contributed by atoms with van der Waals surface area (Å²) in [6.45, 7) is 0. The van der Waals surface area contributed by atoms with Gasteiger partial charge in [0.05, 0.1) is 0 Å². The van der Waals surface area contributed by atoms with E-state index in [2.05, 4.69) is 36.4 Å². The van der Waals surface area contributed by atoms with Crippen LogP contribution in [0.15, 0.2) is 42.5 Å². The van der Waals surface area contributed by atoms with Crippen molar-refractivity contribution >= 4 is 16.7 Å². The van der Waals surface area contributed by atoms with Crippen LogP contribution in [0.2, 0.25) is 0 Å². The van der Waals surface area contributed by atoms with Gasteiger partial charge in [-0.1, -0.05) is 42.5 Å². The monoisotopic (exact) mass is 313 g/mol. The summed E-state index contributed by atoms with van der Waals surface area (Å²) in [5.41, 5.74) is 6.24. The Bertz CT molecular complexity index is 753. The first kappa shape index (κ1) is 15.0. The molecule has 0 spiro atoms. The van der Waals surface area contributed by atoms with Gasteiger partial charge in [0.1, 0.15) is 5.75 Å². The Hall–Kier alpha value is -1.94. The van der Waals surface area contributed by atoms with Crippen LogP contribution in [-0.2, 0) is 27.8 Å². The molecule has 0 aromatic heterocycles. The number of hydrogen-bond donors (Lipinski definition) is 0. The molecular weight excluding hydrogens is 294 g/mol. The van der Waals surface area contributed by atoms with Gasteiger partial charge in [0, 0.05) is 30.6 Å². The van der Waals surface area contributed by atoms with Gasteiger partial charge >= 0.3 is 0 Å². The highest BCUT2D eigenvalue weighted by molar-refractivity contribution is 7.84. The zero-order chi connectivity index (χ0) is 15.7. The Labute approximate surface area is 133 Å². The second-order valence-corrected chi connectivity index (χ2v) is 7.30. The molecule has 0 unspecified atom stereocenters. The number of benzene rings is 2. The third-order valence-electron chi connectivity index (χ3n) is 3.97. The minimum Gasteiger partial charge on any atom is -0.348 e. The minimum atomic E-state index is -1.16. The Morgan fingerprint density at radius 2 is 1.82 bits per heavy atom. The van der Waals surface area contributed by atoms with Crippen molar-refractivity contribution in [3.63, 3.8) is 0 Å². The quantitative estimate of drug-likeness (QED) is 0.742. The second-order valence-electron chi connectivity index (χ2n) is 5.84. The molecule has 0 heterocycles. The minimum absolute atomic E-state index is 0.0876. The Morgan fingerprint density at radius 3 is 2.59 bits per heavy atom. The number of nitrogens with zero attached hydrogens (tertiary/aromatic N) is 1. The summed E-state index contributed by atoms with van der Waals surface area (Å²) < 4.78 is 12.1. The van der Waals surface area contributed by atoms with Gasteiger partial charge < -0.3 is 4.90 Å². The molecule has 1 atom stereocenters. The third kappa shape index (κ3) is 2.97. The van der Waals surface area contributed by atoms with Crippen LogP contribution in [0.3, 0.4) is 0 Å². The maximum absolute atomic E-state index is 12.1. The predicted octanol–water partition coefficient (Wildman–Crippen LogP) is 2.59. The first-order valence-electron chi connectivity index (χ1n) is 7.30. The molecule has 2 aromatic rings. The van der Waals surface area contributed by atoms with Crippen LogP contribution < -0.4 is 0 Å². The molecule has 1 aliphatic rings. The molecule has 1 aliphatic carbocycles. The van der Waals surface area contributed by atoms with Crippen LogP contribution >= 0.6 is 0 Å². The van der Waals surface area contributed by atoms with E-state index in [-0.39, 0.29) is 11.7 Å². The molecule has 4 heteroatoms. The molecule has 0 aliphatic heterocycles. The Balaban J connectivity index is 1.75. The lowest BCUT2D eigenvalue weighted by Crippen LogP contribution is -2.27. The number of amides is 1. The summed E-state index contributed by atoms with van der Waals surface area (Å²) in [4.78, 5) is 13.1. The Morgan fingerprint density at radius 1 is 1.09 bits per heavy atom. The van der Waals surface area contributed by atoms with Gasteiger partial charge in [-0.25, -0.2) is 0 Å². The molecule has 0 radical (unpaired) electrons. The van der Waals surface area contributed by atoms with Crippen LogP contribution in [0.4, 0.5) is 0 Å². The highest BCUT2D eigenvalue weighted by Crippen LogP contribution is 2.36. The molecule has 0 fully saturated rings. The zero-order valence-corrected chi connectivity index (χ0v) is 13.7. The van der Waals surface area contributed by atoms with Gasteiger partial charge in [-0.2, -0.15) is 0 Å². The van der Waals surface area contributed by atoms with Gasteiger partial charge in [-0.05, 0) is 34.2 Å². The van der Waals surface area contributed by atoms with E-state index < -0.39 is 10.8 Å². The van der Waals surface area contributed by atoms with E-state index in [9.17, 15) is 9.00 Å². The van der Waals surface area contributed by atoms with Crippen molar-refractivity contribution in [3.8, 4) is 11.1 Å². The average molecular weight is 313 g/mol. The lowest BCUT2D eigenvalue weighted by Gasteiger charge is -2.10. The van der Waals surface area contributed by atoms with E-state index in [1.54, 1.807) is 14.1 Å². The molecule has 0 saturated heterocycles. The zero-order valence-electron chi connectivity index (χ0n) is 12.8. The fourth-order valence-electron chi connectivity index (χ4n) is 2.79. The van der Waals surface area contributed by atoms with E-state index in [0.29, 0.717) is 5.75 Å². The van der Waals surface area contributed by atoms with Crippen molar-refractivity contribution in [1.29, 1.82) is 0 Å². The van der Waals surface area contributed by atoms with Gasteiger partial charge in [-0.3, -0.25) is 9.00 Å². The smallest absolute Gasteiger partial charge is 0.234 e. The lowest BCUT2D eigenvalue weighted by molar-refractivity contribution is -0.125. The third-order valence-corrected chi connectivity index (χ3v) is 5.19. The van der Waals surface area contributed by atoms with Crippen LogP contribution in [0, 0.1) is 0 Å². The van der Waals surface area contributed by atoms with E-state index in [0.717, 1.165) is 12.0 Å². The van der Waals surface area contributed by atoms with Crippen molar-refractivity contribution in [3.05, 3.63) is 59.2 Å². The van der Waals surface area contributed by atoms with E-state index >= 15 is 0 Å². The number of hydrogen-bond acceptors (Lipinski definition) is 2. The van der Waals surface area contributed by atoms with E-state index in [1.807, 2.05) is 6.07 Å². The number of carbonyl (C=O) groups excluding carboxylic acids is 1. The summed E-state index contributed by atoms with van der Waals surface area (Å²) >= 11 is 0. The number of fused-ring (bicyclic) bond motifs is 3. The van der Waals surface area contributed by atoms with Gasteiger partial charge in [-0.15, -0.1) is 0 Å². The van der Waals surface area contributed by atoms with E-state index in [1.165, 1.54) is 27.2 Å². The summed E-state index contributed by atoms with van der Waals surface area (Å²) in [5.74, 6) is 0.431. The fraction of sp³-hybridized carbons (Fsp3) is 0.278. The lowest BCUT2D eigenvalue weighted by atomic mass is 10.0.